The fourth-order valence-electron chi connectivity index (χ4n) is 5.79. The molecule has 0 aliphatic heterocycles. The Balaban J connectivity index is 0.0000108. The highest BCUT2D eigenvalue weighted by molar-refractivity contribution is 6.07. The highest BCUT2D eigenvalue weighted by atomic mass is 35.5. The molecule has 0 unspecified atom stereocenters. The second kappa shape index (κ2) is 22.7. The Morgan fingerprint density at radius 1 is 0.714 bits per heavy atom. The van der Waals surface area contributed by atoms with Gasteiger partial charge in [-0.05, 0) is 36.7 Å². The van der Waals surface area contributed by atoms with E-state index in [4.69, 9.17) is 5.11 Å². The lowest BCUT2D eigenvalue weighted by atomic mass is 10.0. The molecule has 2 heterocycles. The monoisotopic (exact) mass is 803 g/mol. The van der Waals surface area contributed by atoms with Gasteiger partial charge in [0.15, 0.2) is 17.2 Å². The van der Waals surface area contributed by atoms with Gasteiger partial charge in [-0.3, -0.25) is 28.8 Å². The molecule has 0 spiro atoms. The van der Waals surface area contributed by atoms with E-state index in [9.17, 15) is 38.7 Å². The molecule has 2 aromatic heterocycles. The van der Waals surface area contributed by atoms with Crippen LogP contribution in [-0.4, -0.2) is 115 Å². The topological polar surface area (TPSA) is 305 Å². The number of aromatic nitrogens is 4. The molecule has 3 rings (SSSR count). The minimum Gasteiger partial charge on any atom is -0.481 e. The molecule has 0 aliphatic rings. The molecule has 4 amide bonds. The summed E-state index contributed by atoms with van der Waals surface area (Å²) in [6.07, 6.45) is 2.69. The number of carboxylic acids is 2. The molecule has 12 N–H and O–H groups in total. The predicted molar refractivity (Wildman–Crippen MR) is 204 cm³/mol. The molecule has 0 aliphatic carbocycles. The smallest absolute Gasteiger partial charge is 0.326 e. The highest BCUT2D eigenvalue weighted by Gasteiger charge is 2.30. The van der Waals surface area contributed by atoms with E-state index >= 15 is 0 Å². The molecule has 0 fully saturated rings. The molecule has 4 atom stereocenters. The Hall–Kier alpha value is -5.66. The van der Waals surface area contributed by atoms with E-state index in [-0.39, 0.29) is 72.4 Å². The van der Waals surface area contributed by atoms with Crippen molar-refractivity contribution in [2.75, 3.05) is 19.6 Å². The predicted octanol–water partition coefficient (Wildman–Crippen LogP) is -0.0568. The van der Waals surface area contributed by atoms with Crippen LogP contribution >= 0.6 is 12.4 Å². The van der Waals surface area contributed by atoms with Crippen LogP contribution in [0, 0.1) is 11.8 Å². The summed E-state index contributed by atoms with van der Waals surface area (Å²) in [4.78, 5) is 102. The van der Waals surface area contributed by atoms with Crippen molar-refractivity contribution in [3.63, 3.8) is 0 Å². The number of amides is 4. The number of benzene rings is 1. The van der Waals surface area contributed by atoms with Crippen molar-refractivity contribution in [1.29, 1.82) is 0 Å². The van der Waals surface area contributed by atoms with Gasteiger partial charge in [0.2, 0.25) is 0 Å². The maximum Gasteiger partial charge on any atom is 0.326 e. The summed E-state index contributed by atoms with van der Waals surface area (Å²) in [6.45, 7) is 8.23. The number of H-pyrrole nitrogens is 2. The fourth-order valence-corrected chi connectivity index (χ4v) is 5.79. The summed E-state index contributed by atoms with van der Waals surface area (Å²) >= 11 is 0. The van der Waals surface area contributed by atoms with Gasteiger partial charge in [0.1, 0.15) is 17.4 Å². The van der Waals surface area contributed by atoms with Crippen molar-refractivity contribution in [3.8, 4) is 0 Å². The first-order valence-electron chi connectivity index (χ1n) is 17.9. The molecule has 19 nitrogen and oxygen atoms in total. The van der Waals surface area contributed by atoms with Crippen molar-refractivity contribution in [3.05, 3.63) is 71.3 Å². The van der Waals surface area contributed by atoms with Gasteiger partial charge in [0, 0.05) is 12.6 Å². The van der Waals surface area contributed by atoms with Gasteiger partial charge < -0.3 is 52.5 Å². The second-order valence-electron chi connectivity index (χ2n) is 13.9. The first-order chi connectivity index (χ1) is 26.1. The number of halogens is 1. The van der Waals surface area contributed by atoms with Gasteiger partial charge in [-0.25, -0.2) is 14.8 Å². The first kappa shape index (κ1) is 46.5. The number of carboxylic acid groups (broad SMARTS) is 2. The number of rotatable bonds is 23. The van der Waals surface area contributed by atoms with Crippen molar-refractivity contribution in [2.45, 2.75) is 77.5 Å². The van der Waals surface area contributed by atoms with Gasteiger partial charge in [0.05, 0.1) is 44.2 Å². The summed E-state index contributed by atoms with van der Waals surface area (Å²) in [6, 6.07) is 5.50. The molecule has 306 valence electrons. The van der Waals surface area contributed by atoms with Crippen LogP contribution in [0.1, 0.15) is 94.5 Å². The van der Waals surface area contributed by atoms with Crippen LogP contribution < -0.4 is 32.3 Å². The zero-order valence-electron chi connectivity index (χ0n) is 31.7. The second-order valence-corrected chi connectivity index (χ2v) is 13.9. The van der Waals surface area contributed by atoms with Gasteiger partial charge in [-0.2, -0.15) is 0 Å². The summed E-state index contributed by atoms with van der Waals surface area (Å²) in [7, 11) is 0. The number of nitrogens with one attached hydrogen (secondary N) is 7. The molecule has 0 saturated heterocycles. The minimum absolute atomic E-state index is 0. The lowest BCUT2D eigenvalue weighted by Crippen LogP contribution is -2.60. The van der Waals surface area contributed by atoms with Gasteiger partial charge >= 0.3 is 11.9 Å². The van der Waals surface area contributed by atoms with Gasteiger partial charge in [-0.1, -0.05) is 58.0 Å². The number of imidazole rings is 2. The SMILES string of the molecule is CC(C)C[C@@H](CNCC(=O)[C@H](Cc1ccccc1)NC(=O)c1[nH]cnc1C(=O)N[C@H](C[NH3+])CC(C)C)NC(=O)c1nc[nH]c1C(=O)N[C@@H](CC(=O)O)C(=O)O.Cl. The molecule has 3 aromatic rings. The standard InChI is InChI=1S/C36H50N10O9.ClH/c1-19(2)10-22(14-37)43-32(50)28-30(41-17-39-28)34(52)45-24(12-21-8-6-5-7-9-21)26(47)16-38-15-23(11-20(3)4)44-33(51)29-31(42-18-40-29)35(53)46-25(36(54)55)13-27(48)49;/h5-9,17-20,22-25,38H,10-16,37H2,1-4H3,(H,39,41)(H,40,42)(H,43,50)(H,44,51)(H,45,52)(H,46,53)(H,48,49)(H,54,55);1H/p+1/t22-,23-,24-,25-;/m0./s1. The van der Waals surface area contributed by atoms with Crippen molar-refractivity contribution >= 4 is 53.8 Å². The Morgan fingerprint density at radius 2 is 1.21 bits per heavy atom. The van der Waals surface area contributed by atoms with Crippen LogP contribution in [0.3, 0.4) is 0 Å². The van der Waals surface area contributed by atoms with Crippen LogP contribution in [0.5, 0.6) is 0 Å². The number of nitrogens with zero attached hydrogens (tertiary/aromatic N) is 2. The molecule has 1 aromatic carbocycles. The normalized spacial score (nSPS) is 13.1. The Kier molecular flexibility index (Phi) is 18.8. The van der Waals surface area contributed by atoms with Crippen LogP contribution in [0.25, 0.3) is 0 Å². The Labute approximate surface area is 329 Å². The maximum absolute atomic E-state index is 13.7. The number of ketones is 1. The van der Waals surface area contributed by atoms with Gasteiger partial charge in [-0.15, -0.1) is 12.4 Å². The zero-order valence-corrected chi connectivity index (χ0v) is 32.5. The van der Waals surface area contributed by atoms with Crippen molar-refractivity contribution in [1.82, 2.24) is 46.5 Å². The van der Waals surface area contributed by atoms with Crippen molar-refractivity contribution in [2.24, 2.45) is 11.8 Å². The molecule has 0 bridgehead atoms. The lowest BCUT2D eigenvalue weighted by Gasteiger charge is -2.22. The number of carbonyl (C=O) groups excluding carboxylic acids is 5. The number of aliphatic carboxylic acids is 2. The molecular weight excluding hydrogens is 752 g/mol. The third-order valence-corrected chi connectivity index (χ3v) is 8.34. The quantitative estimate of drug-likeness (QED) is 0.0603. The third-order valence-electron chi connectivity index (χ3n) is 8.34. The summed E-state index contributed by atoms with van der Waals surface area (Å²) < 4.78 is 0. The minimum atomic E-state index is -1.75. The summed E-state index contributed by atoms with van der Waals surface area (Å²) in [5.41, 5.74) is 3.75. The Morgan fingerprint density at radius 3 is 1.70 bits per heavy atom. The fraction of sp³-hybridized carbons (Fsp3) is 0.472. The van der Waals surface area contributed by atoms with Crippen LogP contribution in [-0.2, 0) is 20.8 Å². The van der Waals surface area contributed by atoms with Crippen LogP contribution in [0.15, 0.2) is 43.0 Å². The molecular formula is C36H52ClN10O9+. The maximum atomic E-state index is 13.7. The average molecular weight is 804 g/mol. The molecule has 0 saturated carbocycles. The number of hydrogen-bond donors (Lipinski definition) is 10. The third kappa shape index (κ3) is 14.5. The zero-order chi connectivity index (χ0) is 40.7. The lowest BCUT2D eigenvalue weighted by molar-refractivity contribution is -0.373. The molecule has 56 heavy (non-hydrogen) atoms. The van der Waals surface area contributed by atoms with E-state index in [0.717, 1.165) is 11.9 Å². The average Bonchev–Trinajstić information content (AvgIpc) is 3.82. The molecule has 0 radical (unpaired) electrons. The van der Waals surface area contributed by atoms with Crippen molar-refractivity contribution < 1.29 is 49.5 Å². The number of quaternary nitrogens is 1. The summed E-state index contributed by atoms with van der Waals surface area (Å²) in [5.74, 6) is -6.07. The van der Waals surface area contributed by atoms with Crippen LogP contribution in [0.2, 0.25) is 0 Å². The van der Waals surface area contributed by atoms with Crippen LogP contribution in [0.4, 0.5) is 0 Å². The number of aromatic amines is 2. The van der Waals surface area contributed by atoms with E-state index < -0.39 is 60.1 Å². The van der Waals surface area contributed by atoms with E-state index in [1.165, 1.54) is 6.33 Å². The van der Waals surface area contributed by atoms with E-state index in [1.54, 1.807) is 12.1 Å². The number of Topliss-reactive ketones (excluding diaryl/α,β-unsaturated/α-hetero) is 1. The highest BCUT2D eigenvalue weighted by Crippen LogP contribution is 2.11. The van der Waals surface area contributed by atoms with Gasteiger partial charge in [0.25, 0.3) is 23.6 Å². The number of carbonyl (C=O) groups is 7. The van der Waals surface area contributed by atoms with E-state index in [1.807, 2.05) is 45.9 Å². The molecule has 20 heteroatoms. The van der Waals surface area contributed by atoms with E-state index in [2.05, 4.69) is 52.3 Å². The van der Waals surface area contributed by atoms with E-state index in [0.29, 0.717) is 25.3 Å². The number of hydrogen-bond acceptors (Lipinski definition) is 10. The first-order valence-corrected chi connectivity index (χ1v) is 17.9. The summed E-state index contributed by atoms with van der Waals surface area (Å²) in [5, 5.41) is 31.8. The Bertz CT molecular complexity index is 1800. The largest absolute Gasteiger partial charge is 0.481 e.